The summed E-state index contributed by atoms with van der Waals surface area (Å²) in [7, 11) is 5.04. The lowest BCUT2D eigenvalue weighted by molar-refractivity contribution is -0.168. The van der Waals surface area contributed by atoms with E-state index in [1.807, 2.05) is 6.92 Å². The molecule has 4 unspecified atom stereocenters. The molecule has 0 saturated carbocycles. The van der Waals surface area contributed by atoms with Gasteiger partial charge in [-0.25, -0.2) is 9.59 Å². The van der Waals surface area contributed by atoms with E-state index >= 15 is 0 Å². The summed E-state index contributed by atoms with van der Waals surface area (Å²) in [6.07, 6.45) is 1.10. The highest BCUT2D eigenvalue weighted by Gasteiger charge is 2.50. The number of aliphatic carboxylic acids is 1. The fourth-order valence-electron chi connectivity index (χ4n) is 5.39. The molecule has 0 aliphatic heterocycles. The first-order valence-corrected chi connectivity index (χ1v) is 17.4. The van der Waals surface area contributed by atoms with Crippen LogP contribution in [0.1, 0.15) is 87.5 Å². The Bertz CT molecular complexity index is 1310. The van der Waals surface area contributed by atoms with Gasteiger partial charge in [0.15, 0.2) is 6.10 Å². The molecule has 0 aliphatic carbocycles. The molecular weight excluding hydrogens is 720 g/mol. The van der Waals surface area contributed by atoms with E-state index in [0.717, 1.165) is 0 Å². The Morgan fingerprint density at radius 1 is 0.679 bits per heavy atom. The molecule has 0 aromatic heterocycles. The van der Waals surface area contributed by atoms with Crippen LogP contribution in [0.3, 0.4) is 0 Å². The molecule has 0 saturated heterocycles. The van der Waals surface area contributed by atoms with E-state index < -0.39 is 81.4 Å². The van der Waals surface area contributed by atoms with Gasteiger partial charge in [0.05, 0.1) is 62.4 Å². The summed E-state index contributed by atoms with van der Waals surface area (Å²) in [5, 5.41) is 8.48. The van der Waals surface area contributed by atoms with Gasteiger partial charge in [0, 0.05) is 17.9 Å². The number of carboxylic acids is 1. The second-order valence-corrected chi connectivity index (χ2v) is 14.6. The van der Waals surface area contributed by atoms with Crippen LogP contribution in [0.15, 0.2) is 12.2 Å². The van der Waals surface area contributed by atoms with Crippen LogP contribution in [-0.4, -0.2) is 106 Å². The molecule has 16 nitrogen and oxygen atoms in total. The maximum atomic E-state index is 12.7. The van der Waals surface area contributed by atoms with Crippen molar-refractivity contribution in [1.29, 1.82) is 0 Å². The molecule has 0 spiro atoms. The summed E-state index contributed by atoms with van der Waals surface area (Å²) in [4.78, 5) is 94.6. The fraction of sp³-hybridized carbons (Fsp3) is 0.722. The number of carbonyl (C=O) groups excluding carboxylic acids is 7. The molecule has 0 radical (unpaired) electrons. The molecule has 17 heteroatoms. The molecule has 0 heterocycles. The van der Waals surface area contributed by atoms with Crippen LogP contribution in [0.25, 0.3) is 0 Å². The summed E-state index contributed by atoms with van der Waals surface area (Å²) in [6.45, 7) is 12.8. The van der Waals surface area contributed by atoms with E-state index in [9.17, 15) is 38.4 Å². The van der Waals surface area contributed by atoms with E-state index in [-0.39, 0.29) is 38.9 Å². The molecular formula is C36H58O16S. The number of hydrogen-bond acceptors (Lipinski definition) is 16. The van der Waals surface area contributed by atoms with Gasteiger partial charge in [-0.2, -0.15) is 12.6 Å². The van der Waals surface area contributed by atoms with Gasteiger partial charge in [-0.3, -0.25) is 28.8 Å². The number of hydrogen-bond donors (Lipinski definition) is 2. The van der Waals surface area contributed by atoms with Gasteiger partial charge < -0.3 is 38.3 Å². The third-order valence-corrected chi connectivity index (χ3v) is 8.52. The quantitative estimate of drug-likeness (QED) is 0.0730. The van der Waals surface area contributed by atoms with E-state index in [1.165, 1.54) is 28.4 Å². The van der Waals surface area contributed by atoms with Crippen molar-refractivity contribution in [2.45, 2.75) is 93.6 Å². The van der Waals surface area contributed by atoms with Crippen molar-refractivity contribution in [2.75, 3.05) is 47.4 Å². The number of esters is 7. The number of thiol groups is 1. The highest BCUT2D eigenvalue weighted by molar-refractivity contribution is 7.80. The molecule has 1 N–H and O–H groups in total. The highest BCUT2D eigenvalue weighted by atomic mass is 32.1. The van der Waals surface area contributed by atoms with Crippen LogP contribution in [-0.2, 0) is 71.5 Å². The van der Waals surface area contributed by atoms with Crippen LogP contribution in [0.2, 0.25) is 0 Å². The van der Waals surface area contributed by atoms with E-state index in [2.05, 4.69) is 12.6 Å². The average molecular weight is 779 g/mol. The predicted molar refractivity (Wildman–Crippen MR) is 192 cm³/mol. The maximum Gasteiger partial charge on any atom is 0.331 e. The SMILES string of the molecule is CCC(C)(C)C(=O)OCC(COC(=O)CCS)OC(=O)C=CC(=O)O.COC(=O)C(C)CC(C)(CC(C)(CC(C)(C)C(=O)OC)C(=O)OC)C(=O)OC. The van der Waals surface area contributed by atoms with Crippen LogP contribution in [0, 0.1) is 27.6 Å². The predicted octanol–water partition coefficient (Wildman–Crippen LogP) is 3.91. The van der Waals surface area contributed by atoms with E-state index in [0.29, 0.717) is 24.3 Å². The summed E-state index contributed by atoms with van der Waals surface area (Å²) >= 11 is 3.90. The largest absolute Gasteiger partial charge is 0.478 e. The number of carbonyl (C=O) groups is 8. The minimum absolute atomic E-state index is 0.0150. The van der Waals surface area contributed by atoms with Gasteiger partial charge >= 0.3 is 47.8 Å². The maximum absolute atomic E-state index is 12.7. The molecule has 0 aromatic carbocycles. The molecule has 304 valence electrons. The fourth-order valence-corrected chi connectivity index (χ4v) is 5.57. The molecule has 4 atom stereocenters. The van der Waals surface area contributed by atoms with Crippen molar-refractivity contribution in [3.63, 3.8) is 0 Å². The molecule has 0 amide bonds. The molecule has 0 fully saturated rings. The minimum Gasteiger partial charge on any atom is -0.478 e. The van der Waals surface area contributed by atoms with Crippen molar-refractivity contribution in [1.82, 2.24) is 0 Å². The third kappa shape index (κ3) is 18.4. The van der Waals surface area contributed by atoms with Gasteiger partial charge in [0.25, 0.3) is 0 Å². The van der Waals surface area contributed by atoms with Crippen molar-refractivity contribution in [3.05, 3.63) is 12.2 Å². The van der Waals surface area contributed by atoms with Crippen molar-refractivity contribution in [3.8, 4) is 0 Å². The topological polar surface area (TPSA) is 221 Å². The van der Waals surface area contributed by atoms with E-state index in [4.69, 9.17) is 38.3 Å². The van der Waals surface area contributed by atoms with Gasteiger partial charge in [-0.1, -0.05) is 13.8 Å². The Labute approximate surface area is 317 Å². The van der Waals surface area contributed by atoms with Crippen molar-refractivity contribution < 1.29 is 76.6 Å². The Hall–Kier alpha value is -4.15. The van der Waals surface area contributed by atoms with E-state index in [1.54, 1.807) is 48.5 Å². The first-order valence-electron chi connectivity index (χ1n) is 16.7. The number of methoxy groups -OCH3 is 4. The molecule has 0 aromatic rings. The second kappa shape index (κ2) is 23.5. The third-order valence-electron chi connectivity index (χ3n) is 8.29. The first-order chi connectivity index (χ1) is 24.3. The van der Waals surface area contributed by atoms with Gasteiger partial charge in [0.2, 0.25) is 0 Å². The highest BCUT2D eigenvalue weighted by Crippen LogP contribution is 2.46. The van der Waals surface area contributed by atoms with Gasteiger partial charge in [0.1, 0.15) is 13.2 Å². The lowest BCUT2D eigenvalue weighted by Crippen LogP contribution is -2.45. The summed E-state index contributed by atoms with van der Waals surface area (Å²) in [5.41, 5.74) is -4.09. The molecule has 0 bridgehead atoms. The Morgan fingerprint density at radius 3 is 1.64 bits per heavy atom. The number of rotatable bonds is 21. The summed E-state index contributed by atoms with van der Waals surface area (Å²) < 4.78 is 34.5. The minimum atomic E-state index is -1.31. The zero-order chi connectivity index (χ0) is 41.8. The monoisotopic (exact) mass is 778 g/mol. The molecule has 53 heavy (non-hydrogen) atoms. The van der Waals surface area contributed by atoms with Crippen LogP contribution in [0.5, 0.6) is 0 Å². The van der Waals surface area contributed by atoms with Gasteiger partial charge in [-0.05, 0) is 67.2 Å². The normalized spacial score (nSPS) is 14.7. The summed E-state index contributed by atoms with van der Waals surface area (Å²) in [5.74, 6) is -5.67. The van der Waals surface area contributed by atoms with Gasteiger partial charge in [-0.15, -0.1) is 0 Å². The number of carboxylic acid groups (broad SMARTS) is 1. The molecule has 0 aliphatic rings. The second-order valence-electron chi connectivity index (χ2n) is 14.2. The van der Waals surface area contributed by atoms with Crippen molar-refractivity contribution in [2.24, 2.45) is 27.6 Å². The lowest BCUT2D eigenvalue weighted by atomic mass is 9.64. The molecule has 0 rings (SSSR count). The van der Waals surface area contributed by atoms with Crippen LogP contribution >= 0.6 is 12.6 Å². The summed E-state index contributed by atoms with van der Waals surface area (Å²) in [6, 6.07) is 0. The first kappa shape index (κ1) is 51.0. The average Bonchev–Trinajstić information content (AvgIpc) is 3.09. The van der Waals surface area contributed by atoms with Crippen molar-refractivity contribution >= 4 is 60.4 Å². The van der Waals surface area contributed by atoms with Crippen LogP contribution < -0.4 is 0 Å². The van der Waals surface area contributed by atoms with Crippen LogP contribution in [0.4, 0.5) is 0 Å². The zero-order valence-electron chi connectivity index (χ0n) is 33.0. The lowest BCUT2D eigenvalue weighted by Gasteiger charge is -2.40. The Kier molecular flexibility index (Phi) is 22.6. The zero-order valence-corrected chi connectivity index (χ0v) is 33.9. The Morgan fingerprint density at radius 2 is 1.19 bits per heavy atom. The number of ether oxygens (including phenoxy) is 7. The smallest absolute Gasteiger partial charge is 0.331 e. The Balaban J connectivity index is 0. The standard InChI is InChI=1S/C20H34O8.C16H24O8S/c1-13(14(21)25-6)10-19(4,16(23)27-8)12-20(5,17(24)28-9)11-18(2,3)15(22)26-7;1-4-16(2,3)15(21)23-10-11(9-22-13(19)7-8-25)24-14(20)6-5-12(17)18/h13H,10-12H2,1-9H3;5-6,11,25H,4,7-10H2,1-3H3,(H,17,18).